The molecule has 0 amide bonds. The first-order chi connectivity index (χ1) is 10.1. The van der Waals surface area contributed by atoms with E-state index in [0.717, 1.165) is 16.8 Å². The summed E-state index contributed by atoms with van der Waals surface area (Å²) >= 11 is 0. The molecule has 21 heavy (non-hydrogen) atoms. The summed E-state index contributed by atoms with van der Waals surface area (Å²) in [5.74, 6) is -0.128. The minimum absolute atomic E-state index is 0.0388. The number of carboxylic acid groups (broad SMARTS) is 1. The van der Waals surface area contributed by atoms with Crippen LogP contribution in [0.25, 0.3) is 11.0 Å². The van der Waals surface area contributed by atoms with E-state index < -0.39 is 5.97 Å². The zero-order chi connectivity index (χ0) is 14.8. The molecule has 2 aromatic heterocycles. The molecule has 0 atom stereocenters. The van der Waals surface area contributed by atoms with Crippen LogP contribution in [0.1, 0.15) is 21.9 Å². The van der Waals surface area contributed by atoms with Crippen molar-refractivity contribution in [2.75, 3.05) is 0 Å². The molecule has 0 aliphatic rings. The van der Waals surface area contributed by atoms with Crippen molar-refractivity contribution in [2.45, 2.75) is 13.1 Å². The van der Waals surface area contributed by atoms with E-state index in [1.54, 1.807) is 18.3 Å². The van der Waals surface area contributed by atoms with E-state index in [1.165, 1.54) is 0 Å². The predicted octanol–water partition coefficient (Wildman–Crippen LogP) is 2.15. The Labute approximate surface area is 121 Å². The first-order valence-corrected chi connectivity index (χ1v) is 6.56. The van der Waals surface area contributed by atoms with Gasteiger partial charge in [-0.05, 0) is 23.8 Å². The first kappa shape index (κ1) is 13.4. The van der Waals surface area contributed by atoms with Crippen LogP contribution in [0.2, 0.25) is 0 Å². The van der Waals surface area contributed by atoms with E-state index in [2.05, 4.69) is 10.3 Å². The molecular formula is C15H15N3O3. The van der Waals surface area contributed by atoms with Gasteiger partial charge < -0.3 is 19.4 Å². The molecule has 0 saturated carbocycles. The summed E-state index contributed by atoms with van der Waals surface area (Å²) in [6.45, 7) is 1.35. The van der Waals surface area contributed by atoms with Gasteiger partial charge in [-0.3, -0.25) is 0 Å². The lowest BCUT2D eigenvalue weighted by molar-refractivity contribution is 0.0665. The van der Waals surface area contributed by atoms with Crippen LogP contribution in [0, 0.1) is 0 Å². The van der Waals surface area contributed by atoms with Gasteiger partial charge in [0.15, 0.2) is 0 Å². The Morgan fingerprint density at radius 3 is 2.95 bits per heavy atom. The minimum atomic E-state index is -1.05. The number of carboxylic acids is 1. The van der Waals surface area contributed by atoms with Crippen molar-refractivity contribution in [3.8, 4) is 0 Å². The number of furan rings is 1. The second-order valence-electron chi connectivity index (χ2n) is 4.85. The van der Waals surface area contributed by atoms with E-state index in [4.69, 9.17) is 9.52 Å². The maximum absolute atomic E-state index is 10.9. The van der Waals surface area contributed by atoms with Crippen LogP contribution in [0.15, 0.2) is 41.1 Å². The molecular weight excluding hydrogens is 270 g/mol. The second kappa shape index (κ2) is 5.41. The van der Waals surface area contributed by atoms with Crippen molar-refractivity contribution < 1.29 is 14.3 Å². The maximum atomic E-state index is 10.9. The zero-order valence-electron chi connectivity index (χ0n) is 11.5. The molecule has 0 spiro atoms. The highest BCUT2D eigenvalue weighted by molar-refractivity contribution is 5.91. The Kier molecular flexibility index (Phi) is 3.45. The summed E-state index contributed by atoms with van der Waals surface area (Å²) in [6.07, 6.45) is 3.67. The number of hydrogen-bond acceptors (Lipinski definition) is 4. The van der Waals surface area contributed by atoms with E-state index in [-0.39, 0.29) is 5.76 Å². The van der Waals surface area contributed by atoms with Gasteiger partial charge in [-0.1, -0.05) is 6.07 Å². The monoisotopic (exact) mass is 285 g/mol. The Balaban J connectivity index is 1.69. The summed E-state index contributed by atoms with van der Waals surface area (Å²) in [5.41, 5.74) is 1.65. The van der Waals surface area contributed by atoms with Gasteiger partial charge in [-0.15, -0.1) is 0 Å². The van der Waals surface area contributed by atoms with E-state index in [0.29, 0.717) is 18.7 Å². The fraction of sp³-hybridized carbons (Fsp3) is 0.200. The highest BCUT2D eigenvalue weighted by Crippen LogP contribution is 2.20. The van der Waals surface area contributed by atoms with Crippen LogP contribution in [0.4, 0.5) is 0 Å². The Bertz CT molecular complexity index is 788. The van der Waals surface area contributed by atoms with E-state index in [9.17, 15) is 4.79 Å². The van der Waals surface area contributed by atoms with Gasteiger partial charge in [0.1, 0.15) is 11.4 Å². The number of imidazole rings is 1. The van der Waals surface area contributed by atoms with Gasteiger partial charge in [-0.25, -0.2) is 9.78 Å². The minimum Gasteiger partial charge on any atom is -0.475 e. The van der Waals surface area contributed by atoms with Gasteiger partial charge in [0.25, 0.3) is 0 Å². The molecule has 3 rings (SSSR count). The summed E-state index contributed by atoms with van der Waals surface area (Å²) in [4.78, 5) is 15.1. The molecule has 2 heterocycles. The third-order valence-electron chi connectivity index (χ3n) is 3.32. The number of nitrogens with one attached hydrogen (secondary N) is 1. The van der Waals surface area contributed by atoms with Crippen molar-refractivity contribution in [1.29, 1.82) is 0 Å². The van der Waals surface area contributed by atoms with Crippen molar-refractivity contribution >= 4 is 16.9 Å². The molecule has 0 unspecified atom stereocenters. The summed E-state index contributed by atoms with van der Waals surface area (Å²) in [5, 5.41) is 13.0. The molecule has 0 aliphatic carbocycles. The summed E-state index contributed by atoms with van der Waals surface area (Å²) in [6, 6.07) is 7.18. The number of hydrogen-bond donors (Lipinski definition) is 2. The standard InChI is InChI=1S/C15H15N3O3/c1-18-5-4-17-14(18)9-16-8-10-2-3-12-11(6-10)7-13(21-12)15(19)20/h2-7,16H,8-9H2,1H3,(H,19,20). The van der Waals surface area contributed by atoms with Crippen LogP contribution < -0.4 is 5.32 Å². The number of carbonyl (C=O) groups is 1. The molecule has 3 aromatic rings. The van der Waals surface area contributed by atoms with Crippen molar-refractivity contribution in [3.63, 3.8) is 0 Å². The lowest BCUT2D eigenvalue weighted by Crippen LogP contribution is -2.15. The number of aryl methyl sites for hydroxylation is 1. The lowest BCUT2D eigenvalue weighted by Gasteiger charge is -2.05. The van der Waals surface area contributed by atoms with Crippen LogP contribution in [-0.2, 0) is 20.1 Å². The molecule has 0 radical (unpaired) electrons. The number of nitrogens with zero attached hydrogens (tertiary/aromatic N) is 2. The lowest BCUT2D eigenvalue weighted by atomic mass is 10.1. The third kappa shape index (κ3) is 2.80. The highest BCUT2D eigenvalue weighted by Gasteiger charge is 2.10. The topological polar surface area (TPSA) is 80.3 Å². The number of aromatic nitrogens is 2. The maximum Gasteiger partial charge on any atom is 0.371 e. The predicted molar refractivity (Wildman–Crippen MR) is 76.9 cm³/mol. The largest absolute Gasteiger partial charge is 0.475 e. The van der Waals surface area contributed by atoms with Gasteiger partial charge in [0.05, 0.1) is 6.54 Å². The second-order valence-corrected chi connectivity index (χ2v) is 4.85. The molecule has 1 aromatic carbocycles. The highest BCUT2D eigenvalue weighted by atomic mass is 16.4. The average molecular weight is 285 g/mol. The van der Waals surface area contributed by atoms with Crippen molar-refractivity contribution in [2.24, 2.45) is 7.05 Å². The Morgan fingerprint density at radius 2 is 2.24 bits per heavy atom. The quantitative estimate of drug-likeness (QED) is 0.751. The van der Waals surface area contributed by atoms with Gasteiger partial charge in [0, 0.05) is 31.4 Å². The van der Waals surface area contributed by atoms with Gasteiger partial charge in [0.2, 0.25) is 5.76 Å². The molecule has 0 saturated heterocycles. The summed E-state index contributed by atoms with van der Waals surface area (Å²) in [7, 11) is 1.95. The van der Waals surface area contributed by atoms with Crippen LogP contribution in [-0.4, -0.2) is 20.6 Å². The molecule has 108 valence electrons. The molecule has 0 aliphatic heterocycles. The van der Waals surface area contributed by atoms with Gasteiger partial charge >= 0.3 is 5.97 Å². The first-order valence-electron chi connectivity index (χ1n) is 6.56. The Morgan fingerprint density at radius 1 is 1.38 bits per heavy atom. The summed E-state index contributed by atoms with van der Waals surface area (Å²) < 4.78 is 7.19. The Hall–Kier alpha value is -2.60. The fourth-order valence-corrected chi connectivity index (χ4v) is 2.19. The molecule has 6 nitrogen and oxygen atoms in total. The number of fused-ring (bicyclic) bond motifs is 1. The average Bonchev–Trinajstić information content (AvgIpc) is 3.05. The SMILES string of the molecule is Cn1ccnc1CNCc1ccc2oc(C(=O)O)cc2c1. The fourth-order valence-electron chi connectivity index (χ4n) is 2.19. The normalized spacial score (nSPS) is 11.1. The van der Waals surface area contributed by atoms with Crippen molar-refractivity contribution in [3.05, 3.63) is 53.8 Å². The molecule has 6 heteroatoms. The molecule has 0 bridgehead atoms. The zero-order valence-corrected chi connectivity index (χ0v) is 11.5. The van der Waals surface area contributed by atoms with Crippen LogP contribution in [0.5, 0.6) is 0 Å². The third-order valence-corrected chi connectivity index (χ3v) is 3.32. The molecule has 2 N–H and O–H groups in total. The smallest absolute Gasteiger partial charge is 0.371 e. The van der Waals surface area contributed by atoms with Crippen LogP contribution >= 0.6 is 0 Å². The van der Waals surface area contributed by atoms with E-state index >= 15 is 0 Å². The number of rotatable bonds is 5. The van der Waals surface area contributed by atoms with Crippen LogP contribution in [0.3, 0.4) is 0 Å². The number of benzene rings is 1. The van der Waals surface area contributed by atoms with Gasteiger partial charge in [-0.2, -0.15) is 0 Å². The van der Waals surface area contributed by atoms with E-state index in [1.807, 2.05) is 29.9 Å². The molecule has 0 fully saturated rings. The van der Waals surface area contributed by atoms with Crippen molar-refractivity contribution in [1.82, 2.24) is 14.9 Å². The number of aromatic carboxylic acids is 1.